The van der Waals surface area contributed by atoms with Crippen LogP contribution in [0.15, 0.2) is 0 Å². The molecule has 33 heavy (non-hydrogen) atoms. The molecule has 0 aromatic heterocycles. The molecule has 2 fully saturated rings. The molecule has 2 bridgehead atoms. The summed E-state index contributed by atoms with van der Waals surface area (Å²) in [5.74, 6) is 0.655. The van der Waals surface area contributed by atoms with E-state index in [1.165, 1.54) is 0 Å². The summed E-state index contributed by atoms with van der Waals surface area (Å²) in [5, 5.41) is 14.0. The smallest absolute Gasteiger partial charge is 0.407 e. The van der Waals surface area contributed by atoms with Crippen molar-refractivity contribution in [3.05, 3.63) is 0 Å². The summed E-state index contributed by atoms with van der Waals surface area (Å²) in [4.78, 5) is 26.5. The van der Waals surface area contributed by atoms with E-state index < -0.39 is 37.8 Å². The van der Waals surface area contributed by atoms with Crippen LogP contribution in [0.3, 0.4) is 0 Å². The van der Waals surface area contributed by atoms with Crippen LogP contribution in [0, 0.1) is 22.7 Å². The third kappa shape index (κ3) is 5.84. The van der Waals surface area contributed by atoms with Crippen molar-refractivity contribution in [1.29, 1.82) is 0 Å². The van der Waals surface area contributed by atoms with Crippen molar-refractivity contribution in [2.45, 2.75) is 130 Å². The van der Waals surface area contributed by atoms with E-state index in [9.17, 15) is 14.7 Å². The SMILES string of the molecule is CC(C)C[C@H](NC(=O)OC(C)(C)C)[C@H](O)CC(=O)[C@@]1(O[Si](C)(C)C)C[C@H]2CC[C@]1(C)C2(C)C. The molecule has 2 aliphatic carbocycles. The predicted molar refractivity (Wildman–Crippen MR) is 135 cm³/mol. The molecular formula is C26H49NO5Si. The molecule has 1 amide bonds. The molecule has 0 saturated heterocycles. The normalized spacial score (nSPS) is 30.9. The van der Waals surface area contributed by atoms with Gasteiger partial charge in [0.25, 0.3) is 0 Å². The van der Waals surface area contributed by atoms with E-state index in [1.54, 1.807) is 20.8 Å². The van der Waals surface area contributed by atoms with E-state index in [1.807, 2.05) is 13.8 Å². The van der Waals surface area contributed by atoms with Crippen LogP contribution in [0.25, 0.3) is 0 Å². The molecule has 2 aliphatic rings. The summed E-state index contributed by atoms with van der Waals surface area (Å²) in [5.41, 5.74) is -1.78. The average Bonchev–Trinajstić information content (AvgIpc) is 2.90. The molecule has 0 unspecified atom stereocenters. The fraction of sp³-hybridized carbons (Fsp3) is 0.923. The lowest BCUT2D eigenvalue weighted by Gasteiger charge is -2.50. The Kier molecular flexibility index (Phi) is 7.95. The standard InChI is InChI=1S/C26H49NO5Si/c1-17(2)14-19(27-22(30)31-23(3,4)5)20(28)15-21(29)26(32-33(9,10)11)16-18-12-13-25(26,8)24(18,6)7/h17-20,28H,12-16H2,1-11H3,(H,27,30)/t18-,19+,20-,25-,26+/m1/s1. The fourth-order valence-electron chi connectivity index (χ4n) is 6.18. The topological polar surface area (TPSA) is 84.9 Å². The van der Waals surface area contributed by atoms with Crippen molar-refractivity contribution >= 4 is 20.2 Å². The number of carbonyl (C=O) groups excluding carboxylic acids is 2. The van der Waals surface area contributed by atoms with E-state index in [0.29, 0.717) is 12.3 Å². The number of ketones is 1. The third-order valence-corrected chi connectivity index (χ3v) is 9.04. The molecule has 5 atom stereocenters. The molecule has 0 aromatic carbocycles. The number of rotatable bonds is 9. The van der Waals surface area contributed by atoms with E-state index >= 15 is 0 Å². The Morgan fingerprint density at radius 3 is 2.12 bits per heavy atom. The van der Waals surface area contributed by atoms with Gasteiger partial charge in [0, 0.05) is 11.8 Å². The first-order chi connectivity index (χ1) is 14.7. The number of nitrogens with one attached hydrogen (secondary N) is 1. The zero-order valence-corrected chi connectivity index (χ0v) is 23.9. The monoisotopic (exact) mass is 483 g/mol. The average molecular weight is 484 g/mol. The highest BCUT2D eigenvalue weighted by atomic mass is 28.4. The first-order valence-electron chi connectivity index (χ1n) is 12.7. The Morgan fingerprint density at radius 2 is 1.73 bits per heavy atom. The van der Waals surface area contributed by atoms with Crippen molar-refractivity contribution < 1.29 is 23.9 Å². The van der Waals surface area contributed by atoms with Crippen LogP contribution in [-0.4, -0.2) is 48.6 Å². The van der Waals surface area contributed by atoms with Crippen LogP contribution in [0.2, 0.25) is 19.6 Å². The van der Waals surface area contributed by atoms with Gasteiger partial charge in [-0.2, -0.15) is 0 Å². The molecule has 2 saturated carbocycles. The van der Waals surface area contributed by atoms with Crippen LogP contribution in [0.4, 0.5) is 4.79 Å². The fourth-order valence-corrected chi connectivity index (χ4v) is 7.65. The van der Waals surface area contributed by atoms with E-state index in [-0.39, 0.29) is 29.0 Å². The summed E-state index contributed by atoms with van der Waals surface area (Å²) in [7, 11) is -2.05. The zero-order valence-electron chi connectivity index (χ0n) is 22.9. The number of aliphatic hydroxyl groups excluding tert-OH is 1. The van der Waals surface area contributed by atoms with E-state index in [4.69, 9.17) is 9.16 Å². The number of alkyl carbamates (subject to hydrolysis) is 1. The van der Waals surface area contributed by atoms with Gasteiger partial charge < -0.3 is 19.6 Å². The third-order valence-electron chi connectivity index (χ3n) is 8.08. The van der Waals surface area contributed by atoms with Crippen molar-refractivity contribution in [2.24, 2.45) is 22.7 Å². The molecule has 7 heteroatoms. The van der Waals surface area contributed by atoms with Crippen molar-refractivity contribution in [1.82, 2.24) is 5.32 Å². The van der Waals surface area contributed by atoms with Crippen LogP contribution >= 0.6 is 0 Å². The number of hydrogen-bond donors (Lipinski definition) is 2. The van der Waals surface area contributed by atoms with Crippen LogP contribution < -0.4 is 5.32 Å². The highest BCUT2D eigenvalue weighted by Gasteiger charge is 2.72. The maximum atomic E-state index is 14.0. The molecule has 0 aliphatic heterocycles. The maximum absolute atomic E-state index is 14.0. The maximum Gasteiger partial charge on any atom is 0.407 e. The highest BCUT2D eigenvalue weighted by molar-refractivity contribution is 6.70. The van der Waals surface area contributed by atoms with Crippen molar-refractivity contribution in [3.8, 4) is 0 Å². The van der Waals surface area contributed by atoms with Crippen LogP contribution in [0.1, 0.15) is 87.5 Å². The number of carbonyl (C=O) groups is 2. The minimum absolute atomic E-state index is 0.000634. The summed E-state index contributed by atoms with van der Waals surface area (Å²) in [6.45, 7) is 22.6. The van der Waals surface area contributed by atoms with E-state index in [0.717, 1.165) is 19.3 Å². The lowest BCUT2D eigenvalue weighted by molar-refractivity contribution is -0.154. The summed E-state index contributed by atoms with van der Waals surface area (Å²) in [6, 6.07) is -0.563. The quantitative estimate of drug-likeness (QED) is 0.412. The first kappa shape index (κ1) is 28.3. The van der Waals surface area contributed by atoms with Crippen molar-refractivity contribution in [2.75, 3.05) is 0 Å². The summed E-state index contributed by atoms with van der Waals surface area (Å²) < 4.78 is 12.2. The Morgan fingerprint density at radius 1 is 1.15 bits per heavy atom. The van der Waals surface area contributed by atoms with E-state index in [2.05, 4.69) is 45.7 Å². The molecule has 2 rings (SSSR count). The molecule has 0 spiro atoms. The minimum Gasteiger partial charge on any atom is -0.444 e. The van der Waals surface area contributed by atoms with Gasteiger partial charge in [0.15, 0.2) is 14.1 Å². The molecule has 0 radical (unpaired) electrons. The summed E-state index contributed by atoms with van der Waals surface area (Å²) >= 11 is 0. The zero-order chi connectivity index (χ0) is 25.6. The summed E-state index contributed by atoms with van der Waals surface area (Å²) in [6.07, 6.45) is 1.76. The second-order valence-electron chi connectivity index (χ2n) is 13.6. The van der Waals surface area contributed by atoms with Crippen LogP contribution in [0.5, 0.6) is 0 Å². The van der Waals surface area contributed by atoms with Gasteiger partial charge in [-0.1, -0.05) is 34.6 Å². The Hall–Kier alpha value is -0.923. The predicted octanol–water partition coefficient (Wildman–Crippen LogP) is 5.68. The first-order valence-corrected chi connectivity index (χ1v) is 16.1. The second-order valence-corrected chi connectivity index (χ2v) is 18.0. The van der Waals surface area contributed by atoms with Gasteiger partial charge in [0.2, 0.25) is 0 Å². The van der Waals surface area contributed by atoms with Crippen LogP contribution in [-0.2, 0) is 14.0 Å². The number of aliphatic hydroxyl groups is 1. The molecule has 0 heterocycles. The number of ether oxygens (including phenoxy) is 1. The van der Waals surface area contributed by atoms with Gasteiger partial charge in [-0.25, -0.2) is 4.79 Å². The van der Waals surface area contributed by atoms with Gasteiger partial charge >= 0.3 is 6.09 Å². The second kappa shape index (κ2) is 9.27. The Balaban J connectivity index is 2.29. The molecule has 192 valence electrons. The largest absolute Gasteiger partial charge is 0.444 e. The lowest BCUT2D eigenvalue weighted by Crippen LogP contribution is -2.60. The van der Waals surface area contributed by atoms with Gasteiger partial charge in [-0.3, -0.25) is 4.79 Å². The molecule has 2 N–H and O–H groups in total. The van der Waals surface area contributed by atoms with Gasteiger partial charge in [0.1, 0.15) is 11.2 Å². The number of hydrogen-bond acceptors (Lipinski definition) is 5. The number of fused-ring (bicyclic) bond motifs is 2. The molecular weight excluding hydrogens is 434 g/mol. The molecule has 0 aromatic rings. The Labute approximate surface area is 202 Å². The van der Waals surface area contributed by atoms with Gasteiger partial charge in [0.05, 0.1) is 12.1 Å². The van der Waals surface area contributed by atoms with Crippen molar-refractivity contribution in [3.63, 3.8) is 0 Å². The lowest BCUT2D eigenvalue weighted by atomic mass is 9.62. The number of amides is 1. The minimum atomic E-state index is -2.05. The van der Waals surface area contributed by atoms with Gasteiger partial charge in [-0.05, 0) is 83.3 Å². The Bertz CT molecular complexity index is 738. The highest BCUT2D eigenvalue weighted by Crippen LogP contribution is 2.71. The number of Topliss-reactive ketones (excluding diaryl/α,β-unsaturated/α-hetero) is 1. The van der Waals surface area contributed by atoms with Gasteiger partial charge in [-0.15, -0.1) is 0 Å². The molecule has 6 nitrogen and oxygen atoms in total.